The Kier molecular flexibility index (Phi) is 10.5. The maximum atomic E-state index is 5.79. The van der Waals surface area contributed by atoms with E-state index in [-0.39, 0.29) is 0 Å². The van der Waals surface area contributed by atoms with Gasteiger partial charge in [-0.05, 0) is 30.7 Å². The molecule has 0 bridgehead atoms. The van der Waals surface area contributed by atoms with Gasteiger partial charge in [-0.25, -0.2) is 0 Å². The lowest BCUT2D eigenvalue weighted by atomic mass is 10.3. The Labute approximate surface area is 189 Å². The predicted molar refractivity (Wildman–Crippen MR) is 125 cm³/mol. The summed E-state index contributed by atoms with van der Waals surface area (Å²) >= 11 is 0. The van der Waals surface area contributed by atoms with Gasteiger partial charge in [-0.1, -0.05) is 18.2 Å². The zero-order valence-electron chi connectivity index (χ0n) is 18.7. The molecule has 1 heterocycles. The molecule has 0 unspecified atom stereocenters. The van der Waals surface area contributed by atoms with E-state index in [1.54, 1.807) is 7.11 Å². The van der Waals surface area contributed by atoms with Crippen LogP contribution in [0.2, 0.25) is 0 Å². The van der Waals surface area contributed by atoms with Crippen LogP contribution in [0.5, 0.6) is 17.2 Å². The van der Waals surface area contributed by atoms with Gasteiger partial charge in [-0.2, -0.15) is 0 Å². The highest BCUT2D eigenvalue weighted by Gasteiger charge is 2.11. The number of rotatable bonds is 12. The average Bonchev–Trinajstić information content (AvgIpc) is 3.07. The maximum absolute atomic E-state index is 5.79. The summed E-state index contributed by atoms with van der Waals surface area (Å²) in [4.78, 5) is 4.67. The molecule has 0 spiro atoms. The van der Waals surface area contributed by atoms with Gasteiger partial charge in [0.05, 0.1) is 33.0 Å². The molecule has 0 radical (unpaired) electrons. The Hall–Kier alpha value is -2.97. The summed E-state index contributed by atoms with van der Waals surface area (Å²) in [5, 5.41) is 6.67. The Morgan fingerprint density at radius 3 is 2.66 bits per heavy atom. The Morgan fingerprint density at radius 1 is 0.969 bits per heavy atom. The second-order valence-corrected chi connectivity index (χ2v) is 7.11. The van der Waals surface area contributed by atoms with Crippen LogP contribution in [0, 0.1) is 0 Å². The van der Waals surface area contributed by atoms with Crippen LogP contribution in [0.15, 0.2) is 53.5 Å². The minimum Gasteiger partial charge on any atom is -0.492 e. The van der Waals surface area contributed by atoms with E-state index in [4.69, 9.17) is 23.7 Å². The van der Waals surface area contributed by atoms with Crippen LogP contribution in [0.3, 0.4) is 0 Å². The molecule has 8 nitrogen and oxygen atoms in total. The molecule has 1 aliphatic heterocycles. The summed E-state index contributed by atoms with van der Waals surface area (Å²) in [6.07, 6.45) is 1.69. The number of methoxy groups -OCH3 is 1. The van der Waals surface area contributed by atoms with Crippen molar-refractivity contribution in [3.8, 4) is 17.2 Å². The van der Waals surface area contributed by atoms with Gasteiger partial charge in [-0.15, -0.1) is 0 Å². The average molecular weight is 444 g/mol. The highest BCUT2D eigenvalue weighted by molar-refractivity contribution is 5.94. The second-order valence-electron chi connectivity index (χ2n) is 7.11. The molecule has 3 rings (SSSR count). The fraction of sp³-hybridized carbons (Fsp3) is 0.458. The van der Waals surface area contributed by atoms with Gasteiger partial charge in [0.25, 0.3) is 0 Å². The van der Waals surface area contributed by atoms with Gasteiger partial charge in [0.15, 0.2) is 17.5 Å². The maximum Gasteiger partial charge on any atom is 0.195 e. The standard InChI is InChI=1S/C24H33N3O5/c1-28-17-18-29-13-5-11-25-24(26-12-16-30-21-7-3-2-4-8-21)27-20-9-10-22-23(19-20)32-15-6-14-31-22/h2-4,7-10,19H,5-6,11-18H2,1H3,(H2,25,26,27). The first kappa shape index (κ1) is 23.7. The monoisotopic (exact) mass is 443 g/mol. The molecule has 0 aliphatic carbocycles. The fourth-order valence-corrected chi connectivity index (χ4v) is 2.97. The molecule has 2 N–H and O–H groups in total. The topological polar surface area (TPSA) is 82.6 Å². The number of ether oxygens (including phenoxy) is 5. The summed E-state index contributed by atoms with van der Waals surface area (Å²) in [6, 6.07) is 15.6. The van der Waals surface area contributed by atoms with Gasteiger partial charge >= 0.3 is 0 Å². The molecule has 174 valence electrons. The lowest BCUT2D eigenvalue weighted by molar-refractivity contribution is 0.0702. The van der Waals surface area contributed by atoms with E-state index in [1.807, 2.05) is 48.5 Å². The number of para-hydroxylation sites is 1. The first-order valence-electron chi connectivity index (χ1n) is 11.0. The number of hydrogen-bond acceptors (Lipinski definition) is 6. The molecule has 2 aromatic rings. The fourth-order valence-electron chi connectivity index (χ4n) is 2.97. The smallest absolute Gasteiger partial charge is 0.195 e. The normalized spacial score (nSPS) is 13.3. The van der Waals surface area contributed by atoms with Crippen LogP contribution >= 0.6 is 0 Å². The van der Waals surface area contributed by atoms with Crippen molar-refractivity contribution in [3.63, 3.8) is 0 Å². The summed E-state index contributed by atoms with van der Waals surface area (Å²) in [5.41, 5.74) is 0.876. The molecule has 0 atom stereocenters. The lowest BCUT2D eigenvalue weighted by Gasteiger charge is -2.15. The summed E-state index contributed by atoms with van der Waals surface area (Å²) < 4.78 is 27.8. The molecule has 0 fully saturated rings. The summed E-state index contributed by atoms with van der Waals surface area (Å²) in [6.45, 7) is 4.91. The molecule has 0 saturated carbocycles. The van der Waals surface area contributed by atoms with Gasteiger partial charge in [0.1, 0.15) is 12.4 Å². The number of aliphatic imine (C=N–C) groups is 1. The number of benzene rings is 2. The number of guanidine groups is 1. The number of fused-ring (bicyclic) bond motifs is 1. The van der Waals surface area contributed by atoms with Crippen molar-refractivity contribution in [3.05, 3.63) is 48.5 Å². The number of nitrogens with zero attached hydrogens (tertiary/aromatic N) is 1. The third-order valence-electron chi connectivity index (χ3n) is 4.57. The zero-order chi connectivity index (χ0) is 22.3. The molecule has 0 aromatic heterocycles. The van der Waals surface area contributed by atoms with E-state index in [2.05, 4.69) is 15.6 Å². The molecule has 0 saturated heterocycles. The van der Waals surface area contributed by atoms with Crippen LogP contribution in [-0.4, -0.2) is 65.8 Å². The number of nitrogens with one attached hydrogen (secondary N) is 2. The Bertz CT molecular complexity index is 817. The Morgan fingerprint density at radius 2 is 1.81 bits per heavy atom. The van der Waals surface area contributed by atoms with Gasteiger partial charge in [-0.3, -0.25) is 4.99 Å². The molecule has 1 aliphatic rings. The van der Waals surface area contributed by atoms with E-state index >= 15 is 0 Å². The van der Waals surface area contributed by atoms with Crippen LogP contribution in [-0.2, 0) is 9.47 Å². The van der Waals surface area contributed by atoms with Gasteiger partial charge in [0, 0.05) is 38.4 Å². The third kappa shape index (κ3) is 8.64. The summed E-state index contributed by atoms with van der Waals surface area (Å²) in [7, 11) is 1.67. The molecular formula is C24H33N3O5. The van der Waals surface area contributed by atoms with Gasteiger partial charge in [0.2, 0.25) is 0 Å². The molecular weight excluding hydrogens is 410 g/mol. The quantitative estimate of drug-likeness (QED) is 0.296. The zero-order valence-corrected chi connectivity index (χ0v) is 18.7. The number of anilines is 1. The molecule has 2 aromatic carbocycles. The van der Waals surface area contributed by atoms with Crippen molar-refractivity contribution in [2.45, 2.75) is 12.8 Å². The molecule has 0 amide bonds. The second kappa shape index (κ2) is 14.2. The SMILES string of the molecule is COCCOCCCN=C(NCCOc1ccccc1)Nc1ccc2c(c1)OCCCO2. The van der Waals surface area contributed by atoms with Crippen LogP contribution in [0.25, 0.3) is 0 Å². The minimum absolute atomic E-state index is 0.520. The highest BCUT2D eigenvalue weighted by Crippen LogP contribution is 2.32. The van der Waals surface area contributed by atoms with E-state index in [9.17, 15) is 0 Å². The van der Waals surface area contributed by atoms with Crippen LogP contribution < -0.4 is 24.8 Å². The largest absolute Gasteiger partial charge is 0.492 e. The highest BCUT2D eigenvalue weighted by atomic mass is 16.5. The van der Waals surface area contributed by atoms with Crippen LogP contribution in [0.4, 0.5) is 5.69 Å². The van der Waals surface area contributed by atoms with Crippen molar-refractivity contribution in [1.82, 2.24) is 5.32 Å². The third-order valence-corrected chi connectivity index (χ3v) is 4.57. The van der Waals surface area contributed by atoms with Crippen molar-refractivity contribution in [2.24, 2.45) is 4.99 Å². The minimum atomic E-state index is 0.520. The van der Waals surface area contributed by atoms with E-state index < -0.39 is 0 Å². The van der Waals surface area contributed by atoms with E-state index in [1.165, 1.54) is 0 Å². The van der Waals surface area contributed by atoms with Crippen molar-refractivity contribution in [1.29, 1.82) is 0 Å². The lowest BCUT2D eigenvalue weighted by Crippen LogP contribution is -2.34. The predicted octanol–water partition coefficient (Wildman–Crippen LogP) is 3.34. The van der Waals surface area contributed by atoms with Gasteiger partial charge < -0.3 is 34.3 Å². The van der Waals surface area contributed by atoms with E-state index in [0.29, 0.717) is 58.7 Å². The van der Waals surface area contributed by atoms with Crippen LogP contribution in [0.1, 0.15) is 12.8 Å². The Balaban J connectivity index is 1.53. The molecule has 32 heavy (non-hydrogen) atoms. The number of hydrogen-bond donors (Lipinski definition) is 2. The van der Waals surface area contributed by atoms with Crippen molar-refractivity contribution in [2.75, 3.05) is 65.2 Å². The van der Waals surface area contributed by atoms with E-state index in [0.717, 1.165) is 35.8 Å². The van der Waals surface area contributed by atoms with Crippen molar-refractivity contribution >= 4 is 11.6 Å². The molecule has 8 heteroatoms. The van der Waals surface area contributed by atoms with Crippen molar-refractivity contribution < 1.29 is 23.7 Å². The first-order valence-corrected chi connectivity index (χ1v) is 11.0. The first-order chi connectivity index (χ1) is 15.8. The summed E-state index contributed by atoms with van der Waals surface area (Å²) in [5.74, 6) is 3.03.